The number of halogens is 2. The summed E-state index contributed by atoms with van der Waals surface area (Å²) in [6, 6.07) is 5.18. The quantitative estimate of drug-likeness (QED) is 0.777. The molecule has 1 aromatic carbocycles. The zero-order chi connectivity index (χ0) is 19.4. The van der Waals surface area contributed by atoms with Crippen LogP contribution in [0.15, 0.2) is 29.2 Å². The number of rotatable bonds is 6. The van der Waals surface area contributed by atoms with Crippen molar-refractivity contribution in [1.82, 2.24) is 4.90 Å². The molecule has 0 aliphatic carbocycles. The second-order valence-electron chi connectivity index (χ2n) is 6.57. The molecule has 0 saturated carbocycles. The summed E-state index contributed by atoms with van der Waals surface area (Å²) in [5.74, 6) is -3.70. The first-order valence-corrected chi connectivity index (χ1v) is 10.3. The van der Waals surface area contributed by atoms with Gasteiger partial charge in [0.25, 0.3) is 0 Å². The molecule has 0 radical (unpaired) electrons. The van der Waals surface area contributed by atoms with Crippen LogP contribution in [0.25, 0.3) is 0 Å². The number of benzene rings is 1. The third-order valence-electron chi connectivity index (χ3n) is 4.73. The predicted molar refractivity (Wildman–Crippen MR) is 93.1 cm³/mol. The summed E-state index contributed by atoms with van der Waals surface area (Å²) in [4.78, 5) is 13.6. The number of amides is 1. The van der Waals surface area contributed by atoms with E-state index in [2.05, 4.69) is 5.32 Å². The van der Waals surface area contributed by atoms with Crippen LogP contribution < -0.4 is 5.32 Å². The first-order chi connectivity index (χ1) is 12.9. The Labute approximate surface area is 156 Å². The number of alkyl halides is 2. The summed E-state index contributed by atoms with van der Waals surface area (Å²) >= 11 is 0. The average molecular weight is 404 g/mol. The molecule has 0 spiro atoms. The van der Waals surface area contributed by atoms with Gasteiger partial charge in [0.05, 0.1) is 30.3 Å². The third kappa shape index (κ3) is 4.81. The second kappa shape index (κ2) is 8.59. The molecule has 1 amide bonds. The number of ether oxygens (including phenoxy) is 2. The number of sulfone groups is 1. The highest BCUT2D eigenvalue weighted by Crippen LogP contribution is 2.27. The Bertz CT molecular complexity index is 760. The van der Waals surface area contributed by atoms with Gasteiger partial charge in [-0.1, -0.05) is 12.1 Å². The number of piperidine rings is 1. The van der Waals surface area contributed by atoms with Gasteiger partial charge in [-0.15, -0.1) is 0 Å². The average Bonchev–Trinajstić information content (AvgIpc) is 3.17. The van der Waals surface area contributed by atoms with Crippen molar-refractivity contribution >= 4 is 21.4 Å². The molecule has 150 valence electrons. The van der Waals surface area contributed by atoms with Crippen LogP contribution in [-0.2, 0) is 24.1 Å². The lowest BCUT2D eigenvalue weighted by Crippen LogP contribution is -2.41. The molecule has 0 bridgehead atoms. The Morgan fingerprint density at radius 2 is 1.81 bits per heavy atom. The van der Waals surface area contributed by atoms with Crippen molar-refractivity contribution in [3.05, 3.63) is 24.3 Å². The zero-order valence-electron chi connectivity index (χ0n) is 14.6. The molecular weight excluding hydrogens is 382 g/mol. The summed E-state index contributed by atoms with van der Waals surface area (Å²) in [5.41, 5.74) is -0.134. The van der Waals surface area contributed by atoms with Crippen LogP contribution in [0.3, 0.4) is 0 Å². The lowest BCUT2D eigenvalue weighted by molar-refractivity contribution is -0.119. The summed E-state index contributed by atoms with van der Waals surface area (Å²) in [5, 5.41) is 2.44. The number of carbonyl (C=O) groups is 1. The van der Waals surface area contributed by atoms with E-state index < -0.39 is 26.4 Å². The molecule has 0 unspecified atom stereocenters. The van der Waals surface area contributed by atoms with Gasteiger partial charge >= 0.3 is 5.76 Å². The van der Waals surface area contributed by atoms with Gasteiger partial charge in [0.1, 0.15) is 0 Å². The van der Waals surface area contributed by atoms with Gasteiger partial charge < -0.3 is 14.8 Å². The highest BCUT2D eigenvalue weighted by molar-refractivity contribution is 7.91. The van der Waals surface area contributed by atoms with E-state index in [9.17, 15) is 22.0 Å². The number of carbonyl (C=O) groups excluding carboxylic acids is 1. The van der Waals surface area contributed by atoms with Gasteiger partial charge in [-0.25, -0.2) is 8.42 Å². The van der Waals surface area contributed by atoms with Crippen LogP contribution >= 0.6 is 0 Å². The largest absolute Gasteiger partial charge is 0.350 e. The van der Waals surface area contributed by atoms with Crippen LogP contribution in [0.1, 0.15) is 12.8 Å². The topological polar surface area (TPSA) is 84.9 Å². The third-order valence-corrected chi connectivity index (χ3v) is 6.17. The SMILES string of the molecule is O=C(CN1CCC(C2OCCO2)CC1)Nc1ccccc1S(=O)(=O)C(F)F. The smallest absolute Gasteiger partial charge is 0.341 e. The fourth-order valence-electron chi connectivity index (χ4n) is 3.34. The first kappa shape index (κ1) is 20.1. The maximum atomic E-state index is 12.8. The van der Waals surface area contributed by atoms with Gasteiger partial charge in [-0.2, -0.15) is 8.78 Å². The lowest BCUT2D eigenvalue weighted by atomic mass is 9.96. The van der Waals surface area contributed by atoms with Crippen LogP contribution in [-0.4, -0.2) is 64.1 Å². The second-order valence-corrected chi connectivity index (χ2v) is 8.46. The molecule has 27 heavy (non-hydrogen) atoms. The summed E-state index contributed by atoms with van der Waals surface area (Å²) in [6.45, 7) is 2.63. The molecule has 2 heterocycles. The van der Waals surface area contributed by atoms with Crippen molar-refractivity contribution in [2.75, 3.05) is 38.2 Å². The van der Waals surface area contributed by atoms with Crippen molar-refractivity contribution < 1.29 is 31.5 Å². The molecular formula is C17H22F2N2O5S. The van der Waals surface area contributed by atoms with Gasteiger partial charge in [0.2, 0.25) is 15.7 Å². The number of nitrogens with zero attached hydrogens (tertiary/aromatic N) is 1. The summed E-state index contributed by atoms with van der Waals surface area (Å²) < 4.78 is 60.2. The van der Waals surface area contributed by atoms with E-state index in [-0.39, 0.29) is 18.5 Å². The first-order valence-electron chi connectivity index (χ1n) is 8.74. The number of para-hydroxylation sites is 1. The molecule has 0 aromatic heterocycles. The zero-order valence-corrected chi connectivity index (χ0v) is 15.5. The van der Waals surface area contributed by atoms with Crippen molar-refractivity contribution in [3.8, 4) is 0 Å². The Morgan fingerprint density at radius 1 is 1.19 bits per heavy atom. The van der Waals surface area contributed by atoms with Gasteiger partial charge in [0, 0.05) is 5.92 Å². The Hall–Kier alpha value is -1.62. The molecule has 1 aromatic rings. The summed E-state index contributed by atoms with van der Waals surface area (Å²) in [7, 11) is -4.79. The summed E-state index contributed by atoms with van der Waals surface area (Å²) in [6.07, 6.45) is 1.48. The van der Waals surface area contributed by atoms with Crippen molar-refractivity contribution in [1.29, 1.82) is 0 Å². The Balaban J connectivity index is 1.56. The molecule has 7 nitrogen and oxygen atoms in total. The lowest BCUT2D eigenvalue weighted by Gasteiger charge is -2.33. The standard InChI is InChI=1S/C17H22F2N2O5S/c18-17(19)27(23,24)14-4-2-1-3-13(14)20-15(22)11-21-7-5-12(6-8-21)16-25-9-10-26-16/h1-4,12,16-17H,5-11H2,(H,20,22). The number of nitrogens with one attached hydrogen (secondary N) is 1. The van der Waals surface area contributed by atoms with Gasteiger partial charge in [-0.3, -0.25) is 9.69 Å². The molecule has 2 aliphatic rings. The molecule has 10 heteroatoms. The predicted octanol–water partition coefficient (Wildman–Crippen LogP) is 1.71. The number of hydrogen-bond acceptors (Lipinski definition) is 6. The highest BCUT2D eigenvalue weighted by atomic mass is 32.2. The molecule has 2 fully saturated rings. The van der Waals surface area contributed by atoms with Crippen molar-refractivity contribution in [2.24, 2.45) is 5.92 Å². The van der Waals surface area contributed by atoms with E-state index in [4.69, 9.17) is 9.47 Å². The van der Waals surface area contributed by atoms with Gasteiger partial charge in [-0.05, 0) is 38.1 Å². The number of likely N-dealkylation sites (tertiary alicyclic amines) is 1. The Kier molecular flexibility index (Phi) is 6.40. The molecule has 1 N–H and O–H groups in total. The maximum Gasteiger partial charge on any atom is 0.341 e. The van der Waals surface area contributed by atoms with Crippen molar-refractivity contribution in [2.45, 2.75) is 29.8 Å². The van der Waals surface area contributed by atoms with E-state index >= 15 is 0 Å². The van der Waals surface area contributed by atoms with Crippen LogP contribution in [0.2, 0.25) is 0 Å². The van der Waals surface area contributed by atoms with E-state index in [1.54, 1.807) is 0 Å². The highest BCUT2D eigenvalue weighted by Gasteiger charge is 2.32. The molecule has 2 saturated heterocycles. The van der Waals surface area contributed by atoms with Crippen LogP contribution in [0, 0.1) is 5.92 Å². The van der Waals surface area contributed by atoms with E-state index in [0.717, 1.165) is 18.9 Å². The fraction of sp³-hybridized carbons (Fsp3) is 0.588. The van der Waals surface area contributed by atoms with E-state index in [1.807, 2.05) is 4.90 Å². The minimum absolute atomic E-state index is 0.0577. The van der Waals surface area contributed by atoms with Crippen molar-refractivity contribution in [3.63, 3.8) is 0 Å². The van der Waals surface area contributed by atoms with Crippen LogP contribution in [0.5, 0.6) is 0 Å². The molecule has 2 aliphatic heterocycles. The number of hydrogen-bond donors (Lipinski definition) is 1. The van der Waals surface area contributed by atoms with Crippen LogP contribution in [0.4, 0.5) is 14.5 Å². The monoisotopic (exact) mass is 404 g/mol. The van der Waals surface area contributed by atoms with E-state index in [0.29, 0.717) is 32.2 Å². The minimum atomic E-state index is -4.79. The van der Waals surface area contributed by atoms with Gasteiger partial charge in [0.15, 0.2) is 6.29 Å². The normalized spacial score (nSPS) is 20.3. The fourth-order valence-corrected chi connectivity index (χ4v) is 4.22. The Morgan fingerprint density at radius 3 is 2.44 bits per heavy atom. The minimum Gasteiger partial charge on any atom is -0.350 e. The maximum absolute atomic E-state index is 12.8. The molecule has 0 atom stereocenters. The number of anilines is 1. The molecule has 3 rings (SSSR count). The van der Waals surface area contributed by atoms with E-state index in [1.165, 1.54) is 18.2 Å².